The number of aromatic nitrogens is 3. The molecule has 2 N–H and O–H groups in total. The first kappa shape index (κ1) is 16.4. The predicted octanol–water partition coefficient (Wildman–Crippen LogP) is 3.18. The Kier molecular flexibility index (Phi) is 4.36. The Morgan fingerprint density at radius 2 is 2.12 bits per heavy atom. The summed E-state index contributed by atoms with van der Waals surface area (Å²) in [4.78, 5) is 10.2. The van der Waals surface area contributed by atoms with Crippen molar-refractivity contribution in [3.63, 3.8) is 0 Å². The predicted molar refractivity (Wildman–Crippen MR) is 99.6 cm³/mol. The molecule has 0 aliphatic carbocycles. The maximum atomic E-state index is 10.7. The van der Waals surface area contributed by atoms with Crippen molar-refractivity contribution >= 4 is 11.0 Å². The average molecular weight is 338 g/mol. The number of benzene rings is 1. The molecule has 1 saturated heterocycles. The van der Waals surface area contributed by atoms with Gasteiger partial charge in [0, 0.05) is 24.5 Å². The largest absolute Gasteiger partial charge is 0.390 e. The van der Waals surface area contributed by atoms with Crippen molar-refractivity contribution < 1.29 is 5.11 Å². The molecule has 5 heteroatoms. The molecule has 1 aliphatic heterocycles. The lowest BCUT2D eigenvalue weighted by Crippen LogP contribution is -2.34. The van der Waals surface area contributed by atoms with Crippen molar-refractivity contribution in [3.8, 4) is 0 Å². The van der Waals surface area contributed by atoms with Crippen LogP contribution >= 0.6 is 0 Å². The maximum absolute atomic E-state index is 10.7. The molecule has 0 saturated carbocycles. The summed E-state index contributed by atoms with van der Waals surface area (Å²) in [5.74, 6) is 0. The normalized spacial score (nSPS) is 19.7. The van der Waals surface area contributed by atoms with Crippen LogP contribution in [0.5, 0.6) is 0 Å². The zero-order valence-electron chi connectivity index (χ0n) is 14.9. The first-order valence-electron chi connectivity index (χ1n) is 9.09. The Hall–Kier alpha value is -2.11. The van der Waals surface area contributed by atoms with Gasteiger partial charge in [0.25, 0.3) is 0 Å². The highest BCUT2D eigenvalue weighted by Crippen LogP contribution is 2.31. The van der Waals surface area contributed by atoms with Crippen LogP contribution < -0.4 is 0 Å². The minimum atomic E-state index is -0.408. The zero-order chi connectivity index (χ0) is 17.4. The van der Waals surface area contributed by atoms with Gasteiger partial charge in [-0.05, 0) is 68.6 Å². The van der Waals surface area contributed by atoms with Crippen molar-refractivity contribution in [2.45, 2.75) is 45.4 Å². The summed E-state index contributed by atoms with van der Waals surface area (Å²) in [5.41, 5.74) is 5.87. The van der Waals surface area contributed by atoms with E-state index in [1.54, 1.807) is 0 Å². The molecule has 3 heterocycles. The van der Waals surface area contributed by atoms with E-state index >= 15 is 0 Å². The molecule has 3 aromatic rings. The summed E-state index contributed by atoms with van der Waals surface area (Å²) in [6, 6.07) is 8.87. The molecule has 132 valence electrons. The van der Waals surface area contributed by atoms with E-state index in [0.29, 0.717) is 19.1 Å². The summed E-state index contributed by atoms with van der Waals surface area (Å²) in [6.07, 6.45) is 5.75. The van der Waals surface area contributed by atoms with Gasteiger partial charge in [0.1, 0.15) is 0 Å². The van der Waals surface area contributed by atoms with Gasteiger partial charge >= 0.3 is 0 Å². The molecule has 0 bridgehead atoms. The highest BCUT2D eigenvalue weighted by atomic mass is 16.3. The van der Waals surface area contributed by atoms with Gasteiger partial charge in [-0.15, -0.1) is 0 Å². The number of aryl methyl sites for hydroxylation is 2. The number of hydrogen-bond acceptors (Lipinski definition) is 3. The first-order chi connectivity index (χ1) is 12.1. The number of nitrogens with zero attached hydrogens (tertiary/aromatic N) is 3. The SMILES string of the molecule is Cc1cc2ncn(C[C@H](O)CN3CCC[C@H]3c3ccc[nH]3)c2cc1C. The molecular weight excluding hydrogens is 312 g/mol. The van der Waals surface area contributed by atoms with Gasteiger partial charge in [0.15, 0.2) is 0 Å². The Bertz CT molecular complexity index is 852. The number of nitrogens with one attached hydrogen (secondary N) is 1. The summed E-state index contributed by atoms with van der Waals surface area (Å²) < 4.78 is 2.08. The molecular formula is C20H26N4O. The second kappa shape index (κ2) is 6.65. The lowest BCUT2D eigenvalue weighted by Gasteiger charge is -2.26. The Balaban J connectivity index is 1.47. The number of rotatable bonds is 5. The van der Waals surface area contributed by atoms with Crippen LogP contribution in [0.1, 0.15) is 35.7 Å². The number of H-pyrrole nitrogens is 1. The summed E-state index contributed by atoms with van der Waals surface area (Å²) in [5, 5.41) is 10.7. The number of aliphatic hydroxyl groups excluding tert-OH is 1. The molecule has 0 spiro atoms. The van der Waals surface area contributed by atoms with Crippen LogP contribution in [0, 0.1) is 13.8 Å². The number of fused-ring (bicyclic) bond motifs is 1. The average Bonchev–Trinajstić information content (AvgIpc) is 3.30. The van der Waals surface area contributed by atoms with Crippen LogP contribution in [0.4, 0.5) is 0 Å². The number of likely N-dealkylation sites (tertiary alicyclic amines) is 1. The van der Waals surface area contributed by atoms with Crippen molar-refractivity contribution in [2.24, 2.45) is 0 Å². The van der Waals surface area contributed by atoms with Gasteiger partial charge in [-0.3, -0.25) is 4.90 Å². The molecule has 2 aromatic heterocycles. The monoisotopic (exact) mass is 338 g/mol. The standard InChI is InChI=1S/C20H26N4O/c1-14-9-18-20(10-15(14)2)24(13-22-18)12-16(25)11-23-8-4-6-19(23)17-5-3-7-21-17/h3,5,7,9-10,13,16,19,21,25H,4,6,8,11-12H2,1-2H3/t16-,19+/m1/s1. The van der Waals surface area contributed by atoms with Gasteiger partial charge in [-0.25, -0.2) is 4.98 Å². The van der Waals surface area contributed by atoms with Crippen molar-refractivity contribution in [3.05, 3.63) is 53.6 Å². The first-order valence-corrected chi connectivity index (χ1v) is 9.09. The van der Waals surface area contributed by atoms with E-state index < -0.39 is 6.10 Å². The van der Waals surface area contributed by atoms with E-state index in [1.807, 2.05) is 18.6 Å². The van der Waals surface area contributed by atoms with E-state index in [9.17, 15) is 5.11 Å². The third-order valence-corrected chi connectivity index (χ3v) is 5.43. The number of aromatic amines is 1. The quantitative estimate of drug-likeness (QED) is 0.751. The second-order valence-electron chi connectivity index (χ2n) is 7.25. The highest BCUT2D eigenvalue weighted by molar-refractivity contribution is 5.77. The third-order valence-electron chi connectivity index (χ3n) is 5.43. The molecule has 1 aromatic carbocycles. The zero-order valence-corrected chi connectivity index (χ0v) is 14.9. The van der Waals surface area contributed by atoms with Crippen LogP contribution in [0.3, 0.4) is 0 Å². The van der Waals surface area contributed by atoms with Crippen LogP contribution in [-0.4, -0.2) is 43.7 Å². The molecule has 25 heavy (non-hydrogen) atoms. The summed E-state index contributed by atoms with van der Waals surface area (Å²) in [7, 11) is 0. The third kappa shape index (κ3) is 3.22. The number of β-amino-alcohol motifs (C(OH)–C–C–N with tert-alkyl or cyclic N) is 1. The van der Waals surface area contributed by atoms with E-state index in [1.165, 1.54) is 23.2 Å². The molecule has 2 atom stereocenters. The van der Waals surface area contributed by atoms with E-state index in [0.717, 1.165) is 24.0 Å². The summed E-state index contributed by atoms with van der Waals surface area (Å²) >= 11 is 0. The fourth-order valence-corrected chi connectivity index (χ4v) is 3.96. The van der Waals surface area contributed by atoms with E-state index in [4.69, 9.17) is 0 Å². The van der Waals surface area contributed by atoms with Crippen molar-refractivity contribution in [1.82, 2.24) is 19.4 Å². The lowest BCUT2D eigenvalue weighted by atomic mass is 10.1. The molecule has 4 rings (SSSR count). The van der Waals surface area contributed by atoms with Gasteiger partial charge < -0.3 is 14.7 Å². The molecule has 0 amide bonds. The number of imidazole rings is 1. The Labute approximate surface area is 148 Å². The van der Waals surface area contributed by atoms with Crippen molar-refractivity contribution in [1.29, 1.82) is 0 Å². The van der Waals surface area contributed by atoms with Gasteiger partial charge in [0.2, 0.25) is 0 Å². The Morgan fingerprint density at radius 3 is 2.92 bits per heavy atom. The van der Waals surface area contributed by atoms with E-state index in [2.05, 4.69) is 51.5 Å². The fraction of sp³-hybridized carbons (Fsp3) is 0.450. The molecule has 0 unspecified atom stereocenters. The van der Waals surface area contributed by atoms with Gasteiger partial charge in [0.05, 0.1) is 30.0 Å². The van der Waals surface area contributed by atoms with Gasteiger partial charge in [-0.2, -0.15) is 0 Å². The topological polar surface area (TPSA) is 57.1 Å². The van der Waals surface area contributed by atoms with Crippen LogP contribution in [0.15, 0.2) is 36.8 Å². The maximum Gasteiger partial charge on any atom is 0.0959 e. The minimum absolute atomic E-state index is 0.397. The number of aliphatic hydroxyl groups is 1. The smallest absolute Gasteiger partial charge is 0.0959 e. The Morgan fingerprint density at radius 1 is 1.28 bits per heavy atom. The lowest BCUT2D eigenvalue weighted by molar-refractivity contribution is 0.0921. The summed E-state index contributed by atoms with van der Waals surface area (Å²) in [6.45, 7) is 6.54. The fourth-order valence-electron chi connectivity index (χ4n) is 3.96. The second-order valence-corrected chi connectivity index (χ2v) is 7.25. The van der Waals surface area contributed by atoms with E-state index in [-0.39, 0.29) is 0 Å². The van der Waals surface area contributed by atoms with Crippen LogP contribution in [0.2, 0.25) is 0 Å². The van der Waals surface area contributed by atoms with Gasteiger partial charge in [-0.1, -0.05) is 0 Å². The molecule has 5 nitrogen and oxygen atoms in total. The van der Waals surface area contributed by atoms with Crippen LogP contribution in [0.25, 0.3) is 11.0 Å². The number of hydrogen-bond donors (Lipinski definition) is 2. The molecule has 1 aliphatic rings. The molecule has 1 fully saturated rings. The van der Waals surface area contributed by atoms with Crippen LogP contribution in [-0.2, 0) is 6.54 Å². The molecule has 0 radical (unpaired) electrons. The highest BCUT2D eigenvalue weighted by Gasteiger charge is 2.28. The minimum Gasteiger partial charge on any atom is -0.390 e. The van der Waals surface area contributed by atoms with Crippen molar-refractivity contribution in [2.75, 3.05) is 13.1 Å².